The minimum Gasteiger partial charge on any atom is -0.493 e. The van der Waals surface area contributed by atoms with Crippen molar-refractivity contribution >= 4 is 11.6 Å². The molecule has 0 aromatic heterocycles. The maximum atomic E-state index is 11.7. The van der Waals surface area contributed by atoms with Crippen LogP contribution in [0, 0.1) is 0 Å². The van der Waals surface area contributed by atoms with Crippen LogP contribution in [0.25, 0.3) is 0 Å². The van der Waals surface area contributed by atoms with Gasteiger partial charge in [-0.3, -0.25) is 9.80 Å². The number of benzene rings is 1. The highest BCUT2D eigenvalue weighted by atomic mass is 16.5. The maximum Gasteiger partial charge on any atom is 0.269 e. The number of hydrazine groups is 1. The number of amides is 1. The molecule has 0 spiro atoms. The van der Waals surface area contributed by atoms with Gasteiger partial charge in [0.2, 0.25) is 0 Å². The summed E-state index contributed by atoms with van der Waals surface area (Å²) in [7, 11) is 4.42. The number of rotatable bonds is 3. The quantitative estimate of drug-likeness (QED) is 0.332. The highest BCUT2D eigenvalue weighted by Gasteiger charge is 2.16. The van der Waals surface area contributed by atoms with Crippen LogP contribution in [0.15, 0.2) is 12.1 Å². The average Bonchev–Trinajstić information content (AvgIpc) is 2.27. The minimum absolute atomic E-state index is 0.280. The van der Waals surface area contributed by atoms with E-state index in [1.54, 1.807) is 0 Å². The van der Waals surface area contributed by atoms with Gasteiger partial charge in [0.05, 0.1) is 19.8 Å². The van der Waals surface area contributed by atoms with Gasteiger partial charge >= 0.3 is 0 Å². The molecular weight excluding hydrogens is 210 g/mol. The lowest BCUT2D eigenvalue weighted by molar-refractivity contribution is 0.0796. The van der Waals surface area contributed by atoms with Crippen molar-refractivity contribution in [3.63, 3.8) is 0 Å². The van der Waals surface area contributed by atoms with Crippen LogP contribution >= 0.6 is 0 Å². The van der Waals surface area contributed by atoms with E-state index in [9.17, 15) is 4.79 Å². The van der Waals surface area contributed by atoms with E-state index in [4.69, 9.17) is 21.1 Å². The van der Waals surface area contributed by atoms with Crippen LogP contribution in [0.3, 0.4) is 0 Å². The van der Waals surface area contributed by atoms with Crippen LogP contribution in [0.2, 0.25) is 0 Å². The number of ether oxygens (including phenoxy) is 2. The summed E-state index contributed by atoms with van der Waals surface area (Å²) in [5, 5.41) is 0.956. The molecule has 0 aliphatic carbocycles. The van der Waals surface area contributed by atoms with Crippen molar-refractivity contribution in [1.82, 2.24) is 5.01 Å². The summed E-state index contributed by atoms with van der Waals surface area (Å²) in [6, 6.07) is 3.02. The Morgan fingerprint density at radius 1 is 1.25 bits per heavy atom. The number of hydrogen-bond donors (Lipinski definition) is 2. The van der Waals surface area contributed by atoms with Crippen LogP contribution in [-0.4, -0.2) is 32.2 Å². The van der Waals surface area contributed by atoms with Gasteiger partial charge in [-0.25, -0.2) is 5.84 Å². The second-order valence-corrected chi connectivity index (χ2v) is 3.21. The van der Waals surface area contributed by atoms with Crippen LogP contribution in [0.4, 0.5) is 5.69 Å². The molecule has 1 aromatic rings. The molecule has 4 N–H and O–H groups in total. The van der Waals surface area contributed by atoms with Crippen LogP contribution in [0.1, 0.15) is 10.4 Å². The Labute approximate surface area is 93.7 Å². The highest BCUT2D eigenvalue weighted by molar-refractivity contribution is 5.99. The van der Waals surface area contributed by atoms with Crippen molar-refractivity contribution < 1.29 is 14.3 Å². The second-order valence-electron chi connectivity index (χ2n) is 3.21. The topological polar surface area (TPSA) is 90.8 Å². The Kier molecular flexibility index (Phi) is 3.57. The van der Waals surface area contributed by atoms with Gasteiger partial charge in [0, 0.05) is 18.8 Å². The van der Waals surface area contributed by atoms with Crippen LogP contribution < -0.4 is 21.1 Å². The van der Waals surface area contributed by atoms with Crippen molar-refractivity contribution in [2.45, 2.75) is 0 Å². The molecule has 0 unspecified atom stereocenters. The van der Waals surface area contributed by atoms with Gasteiger partial charge in [-0.1, -0.05) is 0 Å². The molecule has 0 heterocycles. The lowest BCUT2D eigenvalue weighted by atomic mass is 10.1. The van der Waals surface area contributed by atoms with Gasteiger partial charge < -0.3 is 15.2 Å². The molecule has 0 bridgehead atoms. The van der Waals surface area contributed by atoms with Crippen molar-refractivity contribution in [2.24, 2.45) is 5.84 Å². The first kappa shape index (κ1) is 12.1. The number of methoxy groups -OCH3 is 2. The summed E-state index contributed by atoms with van der Waals surface area (Å²) in [5.74, 6) is 5.87. The fourth-order valence-electron chi connectivity index (χ4n) is 1.27. The second kappa shape index (κ2) is 4.71. The molecule has 0 aliphatic heterocycles. The van der Waals surface area contributed by atoms with Gasteiger partial charge in [-0.2, -0.15) is 0 Å². The monoisotopic (exact) mass is 225 g/mol. The fourth-order valence-corrected chi connectivity index (χ4v) is 1.27. The Morgan fingerprint density at radius 2 is 1.75 bits per heavy atom. The molecular formula is C10H15N3O3. The number of nitrogen functional groups attached to an aromatic ring is 1. The fraction of sp³-hybridized carbons (Fsp3) is 0.300. The van der Waals surface area contributed by atoms with Crippen molar-refractivity contribution in [1.29, 1.82) is 0 Å². The van der Waals surface area contributed by atoms with Crippen molar-refractivity contribution in [3.05, 3.63) is 17.7 Å². The molecule has 6 heteroatoms. The molecule has 0 aliphatic rings. The van der Waals surface area contributed by atoms with Crippen molar-refractivity contribution in [2.75, 3.05) is 27.0 Å². The lowest BCUT2D eigenvalue weighted by Crippen LogP contribution is -2.33. The normalized spacial score (nSPS) is 9.75. The van der Waals surface area contributed by atoms with E-state index in [1.807, 2.05) is 0 Å². The Balaban J connectivity index is 3.26. The molecule has 6 nitrogen and oxygen atoms in total. The maximum absolute atomic E-state index is 11.7. The summed E-state index contributed by atoms with van der Waals surface area (Å²) in [5.41, 5.74) is 6.29. The van der Waals surface area contributed by atoms with E-state index >= 15 is 0 Å². The summed E-state index contributed by atoms with van der Waals surface area (Å²) >= 11 is 0. The zero-order valence-corrected chi connectivity index (χ0v) is 9.48. The molecule has 1 aromatic carbocycles. The Morgan fingerprint density at radius 3 is 2.19 bits per heavy atom. The highest BCUT2D eigenvalue weighted by Crippen LogP contribution is 2.32. The SMILES string of the molecule is COc1cc(N)c(C(=O)N(C)N)cc1OC. The van der Waals surface area contributed by atoms with Crippen molar-refractivity contribution in [3.8, 4) is 11.5 Å². The molecule has 88 valence electrons. The van der Waals surface area contributed by atoms with Gasteiger partial charge in [-0.05, 0) is 6.07 Å². The van der Waals surface area contributed by atoms with Gasteiger partial charge in [0.15, 0.2) is 11.5 Å². The predicted molar refractivity (Wildman–Crippen MR) is 60.2 cm³/mol. The van der Waals surface area contributed by atoms with E-state index in [2.05, 4.69) is 0 Å². The first-order valence-electron chi connectivity index (χ1n) is 4.55. The number of nitrogens with two attached hydrogens (primary N) is 2. The third kappa shape index (κ3) is 2.17. The summed E-state index contributed by atoms with van der Waals surface area (Å²) in [4.78, 5) is 11.7. The lowest BCUT2D eigenvalue weighted by Gasteiger charge is -2.14. The molecule has 1 rings (SSSR count). The van der Waals surface area contributed by atoms with E-state index in [-0.39, 0.29) is 5.56 Å². The molecule has 0 saturated heterocycles. The number of anilines is 1. The Hall–Kier alpha value is -1.95. The molecule has 1 amide bonds. The van der Waals surface area contributed by atoms with E-state index in [0.717, 1.165) is 5.01 Å². The standard InChI is InChI=1S/C10H15N3O3/c1-13(12)10(14)6-4-8(15-2)9(16-3)5-7(6)11/h4-5H,11-12H2,1-3H3. The first-order valence-corrected chi connectivity index (χ1v) is 4.55. The summed E-state index contributed by atoms with van der Waals surface area (Å²) in [6.45, 7) is 0. The average molecular weight is 225 g/mol. The molecule has 0 atom stereocenters. The van der Waals surface area contributed by atoms with E-state index < -0.39 is 5.91 Å². The smallest absolute Gasteiger partial charge is 0.269 e. The Bertz CT molecular complexity index is 405. The number of nitrogens with zero attached hydrogens (tertiary/aromatic N) is 1. The molecule has 16 heavy (non-hydrogen) atoms. The number of carbonyl (C=O) groups excluding carboxylic acids is 1. The predicted octanol–water partition coefficient (Wildman–Crippen LogP) is 0.232. The number of hydrogen-bond acceptors (Lipinski definition) is 5. The molecule has 0 fully saturated rings. The van der Waals surface area contributed by atoms with Crippen LogP contribution in [0.5, 0.6) is 11.5 Å². The zero-order chi connectivity index (χ0) is 12.3. The van der Waals surface area contributed by atoms with Gasteiger partial charge in [0.25, 0.3) is 5.91 Å². The van der Waals surface area contributed by atoms with Crippen LogP contribution in [-0.2, 0) is 0 Å². The van der Waals surface area contributed by atoms with E-state index in [1.165, 1.54) is 33.4 Å². The number of carbonyl (C=O) groups is 1. The molecule has 0 saturated carbocycles. The zero-order valence-electron chi connectivity index (χ0n) is 9.48. The summed E-state index contributed by atoms with van der Waals surface area (Å²) < 4.78 is 10.1. The van der Waals surface area contributed by atoms with Gasteiger partial charge in [-0.15, -0.1) is 0 Å². The third-order valence-corrected chi connectivity index (χ3v) is 2.11. The largest absolute Gasteiger partial charge is 0.493 e. The first-order chi connectivity index (χ1) is 7.51. The molecule has 0 radical (unpaired) electrons. The van der Waals surface area contributed by atoms with Gasteiger partial charge in [0.1, 0.15) is 0 Å². The van der Waals surface area contributed by atoms with E-state index in [0.29, 0.717) is 17.2 Å². The summed E-state index contributed by atoms with van der Waals surface area (Å²) in [6.07, 6.45) is 0. The third-order valence-electron chi connectivity index (χ3n) is 2.11. The minimum atomic E-state index is -0.390.